The van der Waals surface area contributed by atoms with E-state index in [4.69, 9.17) is 9.99 Å². The summed E-state index contributed by atoms with van der Waals surface area (Å²) in [4.78, 5) is 15.3. The fraction of sp³-hybridized carbons (Fsp3) is 0.917. The van der Waals surface area contributed by atoms with Gasteiger partial charge in [-0.25, -0.2) is 4.89 Å². The lowest BCUT2D eigenvalue weighted by Gasteiger charge is -2.19. The van der Waals surface area contributed by atoms with Crippen LogP contribution in [0.5, 0.6) is 0 Å². The summed E-state index contributed by atoms with van der Waals surface area (Å²) in [5.41, 5.74) is -0.379. The summed E-state index contributed by atoms with van der Waals surface area (Å²) in [7, 11) is 0. The zero-order chi connectivity index (χ0) is 12.4. The van der Waals surface area contributed by atoms with Crippen LogP contribution in [0.4, 0.5) is 0 Å². The number of carbonyl (C=O) groups excluding carboxylic acids is 1. The summed E-state index contributed by atoms with van der Waals surface area (Å²) in [5.74, 6) is -0.119. The maximum Gasteiger partial charge on any atom is 0.306 e. The first-order valence-electron chi connectivity index (χ1n) is 5.94. The third-order valence-electron chi connectivity index (χ3n) is 2.04. The van der Waals surface area contributed by atoms with E-state index >= 15 is 0 Å². The first-order chi connectivity index (χ1) is 7.45. The molecule has 0 saturated heterocycles. The van der Waals surface area contributed by atoms with E-state index in [1.807, 2.05) is 20.8 Å². The Bertz CT molecular complexity index is 184. The maximum absolute atomic E-state index is 11.3. The van der Waals surface area contributed by atoms with Crippen LogP contribution < -0.4 is 0 Å². The molecular formula is C12H24O4. The van der Waals surface area contributed by atoms with Crippen LogP contribution in [0.25, 0.3) is 0 Å². The van der Waals surface area contributed by atoms with Crippen molar-refractivity contribution in [2.45, 2.75) is 64.9 Å². The number of rotatable bonds is 8. The van der Waals surface area contributed by atoms with Gasteiger partial charge in [-0.05, 0) is 33.6 Å². The van der Waals surface area contributed by atoms with Gasteiger partial charge in [0.25, 0.3) is 0 Å². The maximum atomic E-state index is 11.3. The van der Waals surface area contributed by atoms with Crippen molar-refractivity contribution < 1.29 is 19.7 Å². The van der Waals surface area contributed by atoms with Crippen molar-refractivity contribution in [3.05, 3.63) is 0 Å². The van der Waals surface area contributed by atoms with Crippen molar-refractivity contribution in [2.75, 3.05) is 6.61 Å². The summed E-state index contributed by atoms with van der Waals surface area (Å²) < 4.78 is 5.19. The summed E-state index contributed by atoms with van der Waals surface area (Å²) in [6, 6.07) is 0. The van der Waals surface area contributed by atoms with Crippen molar-refractivity contribution in [1.29, 1.82) is 0 Å². The van der Waals surface area contributed by atoms with E-state index in [2.05, 4.69) is 4.89 Å². The topological polar surface area (TPSA) is 55.8 Å². The molecule has 4 nitrogen and oxygen atoms in total. The second kappa shape index (κ2) is 8.53. The average molecular weight is 232 g/mol. The van der Waals surface area contributed by atoms with Crippen LogP contribution >= 0.6 is 0 Å². The lowest BCUT2D eigenvalue weighted by molar-refractivity contribution is -0.242. The molecule has 0 aromatic rings. The van der Waals surface area contributed by atoms with Gasteiger partial charge < -0.3 is 4.74 Å². The Hall–Kier alpha value is -0.610. The minimum absolute atomic E-state index is 0.119. The Kier molecular flexibility index (Phi) is 8.21. The highest BCUT2D eigenvalue weighted by molar-refractivity contribution is 5.69. The van der Waals surface area contributed by atoms with Crippen molar-refractivity contribution >= 4 is 5.97 Å². The van der Waals surface area contributed by atoms with Crippen LogP contribution in [0.3, 0.4) is 0 Å². The average Bonchev–Trinajstić information content (AvgIpc) is 2.13. The predicted molar refractivity (Wildman–Crippen MR) is 62.1 cm³/mol. The van der Waals surface area contributed by atoms with Crippen molar-refractivity contribution in [3.8, 4) is 0 Å². The van der Waals surface area contributed by atoms with Crippen molar-refractivity contribution in [3.63, 3.8) is 0 Å². The lowest BCUT2D eigenvalue weighted by atomic mass is 10.1. The first kappa shape index (κ1) is 15.4. The molecule has 0 heterocycles. The van der Waals surface area contributed by atoms with Crippen LogP contribution in [0.2, 0.25) is 0 Å². The zero-order valence-electron chi connectivity index (χ0n) is 10.6. The van der Waals surface area contributed by atoms with E-state index in [1.165, 1.54) is 0 Å². The molecule has 0 amide bonds. The molecule has 0 aromatic heterocycles. The minimum Gasteiger partial charge on any atom is -0.460 e. The number of unbranched alkanes of at least 4 members (excludes halogenated alkanes) is 4. The van der Waals surface area contributed by atoms with Gasteiger partial charge in [0.15, 0.2) is 0 Å². The molecule has 0 bridgehead atoms. The van der Waals surface area contributed by atoms with Crippen molar-refractivity contribution in [1.82, 2.24) is 0 Å². The molecule has 96 valence electrons. The molecule has 0 fully saturated rings. The monoisotopic (exact) mass is 232 g/mol. The van der Waals surface area contributed by atoms with E-state index in [1.54, 1.807) is 0 Å². The molecular weight excluding hydrogens is 208 g/mol. The van der Waals surface area contributed by atoms with Gasteiger partial charge in [0.2, 0.25) is 0 Å². The summed E-state index contributed by atoms with van der Waals surface area (Å²) in [6.45, 7) is 6.02. The Morgan fingerprint density at radius 1 is 1.06 bits per heavy atom. The largest absolute Gasteiger partial charge is 0.460 e. The highest BCUT2D eigenvalue weighted by atomic mass is 17.1. The Morgan fingerprint density at radius 3 is 2.19 bits per heavy atom. The summed E-state index contributed by atoms with van der Waals surface area (Å²) in [5, 5.41) is 8.09. The molecule has 0 rings (SSSR count). The molecule has 0 aliphatic carbocycles. The summed E-state index contributed by atoms with van der Waals surface area (Å²) >= 11 is 0. The highest BCUT2D eigenvalue weighted by Gasteiger charge is 2.15. The van der Waals surface area contributed by atoms with Gasteiger partial charge in [-0.3, -0.25) is 10.1 Å². The summed E-state index contributed by atoms with van der Waals surface area (Å²) in [6.07, 6.45) is 5.33. The standard InChI is InChI=1S/C12H24O4/c1-12(2,3)16-11(13)9-7-5-4-6-8-10-15-14/h14H,4-10H2,1-3H3. The lowest BCUT2D eigenvalue weighted by Crippen LogP contribution is -2.23. The van der Waals surface area contributed by atoms with Gasteiger partial charge in [0.1, 0.15) is 5.60 Å². The molecule has 0 unspecified atom stereocenters. The van der Waals surface area contributed by atoms with E-state index < -0.39 is 0 Å². The number of ether oxygens (including phenoxy) is 1. The SMILES string of the molecule is CC(C)(C)OC(=O)CCCCCCCOO. The van der Waals surface area contributed by atoms with Gasteiger partial charge in [-0.1, -0.05) is 19.3 Å². The van der Waals surface area contributed by atoms with Crippen LogP contribution in [0, 0.1) is 0 Å². The Balaban J connectivity index is 3.28. The first-order valence-corrected chi connectivity index (χ1v) is 5.94. The fourth-order valence-corrected chi connectivity index (χ4v) is 1.36. The zero-order valence-corrected chi connectivity index (χ0v) is 10.6. The van der Waals surface area contributed by atoms with Gasteiger partial charge in [0.05, 0.1) is 6.61 Å². The number of esters is 1. The smallest absolute Gasteiger partial charge is 0.306 e. The quantitative estimate of drug-likeness (QED) is 0.302. The van der Waals surface area contributed by atoms with Crippen LogP contribution in [-0.2, 0) is 14.4 Å². The number of carbonyl (C=O) groups is 1. The molecule has 0 atom stereocenters. The molecule has 0 spiro atoms. The third-order valence-corrected chi connectivity index (χ3v) is 2.04. The number of hydrogen-bond acceptors (Lipinski definition) is 4. The molecule has 0 aromatic carbocycles. The van der Waals surface area contributed by atoms with E-state index in [0.717, 1.165) is 32.1 Å². The molecule has 4 heteroatoms. The minimum atomic E-state index is -0.379. The van der Waals surface area contributed by atoms with Crippen LogP contribution in [0.15, 0.2) is 0 Å². The van der Waals surface area contributed by atoms with Gasteiger partial charge in [-0.15, -0.1) is 0 Å². The molecule has 0 aliphatic rings. The molecule has 1 N–H and O–H groups in total. The van der Waals surface area contributed by atoms with Gasteiger partial charge in [-0.2, -0.15) is 0 Å². The molecule has 16 heavy (non-hydrogen) atoms. The van der Waals surface area contributed by atoms with Gasteiger partial charge >= 0.3 is 5.97 Å². The van der Waals surface area contributed by atoms with E-state index in [9.17, 15) is 4.79 Å². The Morgan fingerprint density at radius 2 is 1.62 bits per heavy atom. The fourth-order valence-electron chi connectivity index (χ4n) is 1.36. The highest BCUT2D eigenvalue weighted by Crippen LogP contribution is 2.11. The number of hydrogen-bond donors (Lipinski definition) is 1. The molecule has 0 aliphatic heterocycles. The second-order valence-electron chi connectivity index (χ2n) is 4.94. The van der Waals surface area contributed by atoms with E-state index in [0.29, 0.717) is 13.0 Å². The van der Waals surface area contributed by atoms with Crippen LogP contribution in [-0.4, -0.2) is 23.4 Å². The van der Waals surface area contributed by atoms with Gasteiger partial charge in [0, 0.05) is 6.42 Å². The molecule has 0 saturated carbocycles. The Labute approximate surface area is 97.9 Å². The van der Waals surface area contributed by atoms with Crippen LogP contribution in [0.1, 0.15) is 59.3 Å². The molecule has 0 radical (unpaired) electrons. The third kappa shape index (κ3) is 11.5. The van der Waals surface area contributed by atoms with E-state index in [-0.39, 0.29) is 11.6 Å². The predicted octanol–water partition coefficient (Wildman–Crippen LogP) is 3.16. The normalized spacial score (nSPS) is 11.5. The second-order valence-corrected chi connectivity index (χ2v) is 4.94. The van der Waals surface area contributed by atoms with Crippen molar-refractivity contribution in [2.24, 2.45) is 0 Å².